The minimum absolute atomic E-state index is 0.0463. The van der Waals surface area contributed by atoms with E-state index in [9.17, 15) is 4.79 Å². The fourth-order valence-corrected chi connectivity index (χ4v) is 5.19. The Morgan fingerprint density at radius 3 is 2.67 bits per heavy atom. The Labute approximate surface area is 175 Å². The van der Waals surface area contributed by atoms with E-state index in [0.29, 0.717) is 29.8 Å². The van der Waals surface area contributed by atoms with Crippen molar-refractivity contribution >= 4 is 16.8 Å². The van der Waals surface area contributed by atoms with Crippen LogP contribution in [-0.4, -0.2) is 57.9 Å². The van der Waals surface area contributed by atoms with Gasteiger partial charge in [-0.25, -0.2) is 0 Å². The molecule has 3 saturated heterocycles. The molecule has 3 aliphatic heterocycles. The first kappa shape index (κ1) is 18.7. The molecule has 5 heterocycles. The second-order valence-electron chi connectivity index (χ2n) is 9.31. The first-order valence-corrected chi connectivity index (χ1v) is 11.4. The number of fused-ring (bicyclic) bond motifs is 1. The van der Waals surface area contributed by atoms with E-state index in [1.54, 1.807) is 0 Å². The van der Waals surface area contributed by atoms with Crippen LogP contribution in [0.3, 0.4) is 0 Å². The Hall–Kier alpha value is -2.03. The molecule has 2 unspecified atom stereocenters. The molecule has 2 atom stereocenters. The number of carbonyl (C=O) groups excluding carboxylic acids is 1. The van der Waals surface area contributed by atoms with Crippen LogP contribution in [0.4, 0.5) is 0 Å². The molecule has 2 aromatic rings. The Balaban J connectivity index is 1.09. The van der Waals surface area contributed by atoms with Gasteiger partial charge in [0.05, 0.1) is 36.7 Å². The van der Waals surface area contributed by atoms with E-state index in [2.05, 4.69) is 31.2 Å². The van der Waals surface area contributed by atoms with Gasteiger partial charge in [-0.3, -0.25) is 19.3 Å². The lowest BCUT2D eigenvalue weighted by atomic mass is 9.82. The van der Waals surface area contributed by atoms with Crippen LogP contribution in [0.25, 0.3) is 10.9 Å². The van der Waals surface area contributed by atoms with Gasteiger partial charge in [0.2, 0.25) is 5.91 Å². The van der Waals surface area contributed by atoms with Crippen molar-refractivity contribution in [3.05, 3.63) is 24.2 Å². The maximum atomic E-state index is 12.5. The van der Waals surface area contributed by atoms with E-state index in [1.165, 1.54) is 6.42 Å². The van der Waals surface area contributed by atoms with Crippen molar-refractivity contribution in [3.63, 3.8) is 0 Å². The van der Waals surface area contributed by atoms with Gasteiger partial charge < -0.3 is 9.64 Å². The number of ether oxygens (including phenoxy) is 1. The van der Waals surface area contributed by atoms with Crippen LogP contribution >= 0.6 is 0 Å². The molecule has 1 N–H and O–H groups in total. The molecule has 0 bridgehead atoms. The van der Waals surface area contributed by atoms with Gasteiger partial charge in [-0.15, -0.1) is 0 Å². The average molecular weight is 412 g/mol. The van der Waals surface area contributed by atoms with Gasteiger partial charge in [0.15, 0.2) is 0 Å². The highest BCUT2D eigenvalue weighted by Gasteiger charge is 2.37. The number of piperidine rings is 1. The standard InChI is InChI=1S/C22H29N5O3/c28-22(15-2-1-3-15)26-6-4-14(5-7-26)18-9-21(30-25-18)19-8-20-16(10-23-19)11-24-27(20)17-12-29-13-17/h8,10-11,14-15,17-18,21,25H,1-7,9,12-13H2. The molecule has 6 rings (SSSR count). The Kier molecular flexibility index (Phi) is 4.73. The van der Waals surface area contributed by atoms with E-state index in [4.69, 9.17) is 9.57 Å². The van der Waals surface area contributed by atoms with Crippen molar-refractivity contribution in [1.82, 2.24) is 25.1 Å². The summed E-state index contributed by atoms with van der Waals surface area (Å²) in [7, 11) is 0. The molecule has 0 radical (unpaired) electrons. The van der Waals surface area contributed by atoms with Gasteiger partial charge in [-0.1, -0.05) is 6.42 Å². The van der Waals surface area contributed by atoms with Crippen molar-refractivity contribution in [2.24, 2.45) is 11.8 Å². The van der Waals surface area contributed by atoms with E-state index in [1.807, 2.05) is 12.4 Å². The Bertz CT molecular complexity index is 930. The summed E-state index contributed by atoms with van der Waals surface area (Å²) < 4.78 is 7.38. The van der Waals surface area contributed by atoms with Crippen LogP contribution in [-0.2, 0) is 14.4 Å². The summed E-state index contributed by atoms with van der Waals surface area (Å²) in [5.41, 5.74) is 5.34. The average Bonchev–Trinajstić information content (AvgIpc) is 3.33. The fourth-order valence-electron chi connectivity index (χ4n) is 5.19. The maximum absolute atomic E-state index is 12.5. The maximum Gasteiger partial charge on any atom is 0.225 e. The molecular weight excluding hydrogens is 382 g/mol. The van der Waals surface area contributed by atoms with Gasteiger partial charge in [-0.05, 0) is 44.1 Å². The highest BCUT2D eigenvalue weighted by molar-refractivity contribution is 5.79. The van der Waals surface area contributed by atoms with Gasteiger partial charge in [0.1, 0.15) is 6.10 Å². The van der Waals surface area contributed by atoms with Crippen molar-refractivity contribution in [1.29, 1.82) is 0 Å². The van der Waals surface area contributed by atoms with Crippen molar-refractivity contribution in [2.75, 3.05) is 26.3 Å². The summed E-state index contributed by atoms with van der Waals surface area (Å²) in [5, 5.41) is 5.58. The largest absolute Gasteiger partial charge is 0.377 e. The molecule has 1 amide bonds. The molecule has 4 fully saturated rings. The number of nitrogens with one attached hydrogen (secondary N) is 1. The van der Waals surface area contributed by atoms with E-state index >= 15 is 0 Å². The molecule has 1 aliphatic carbocycles. The van der Waals surface area contributed by atoms with Gasteiger partial charge in [0.25, 0.3) is 0 Å². The highest BCUT2D eigenvalue weighted by atomic mass is 16.7. The molecule has 30 heavy (non-hydrogen) atoms. The molecule has 0 spiro atoms. The summed E-state index contributed by atoms with van der Waals surface area (Å²) in [6.07, 6.45) is 10.1. The lowest BCUT2D eigenvalue weighted by Crippen LogP contribution is -2.46. The van der Waals surface area contributed by atoms with Gasteiger partial charge in [0, 0.05) is 36.6 Å². The van der Waals surface area contributed by atoms with Crippen molar-refractivity contribution in [3.8, 4) is 0 Å². The van der Waals surface area contributed by atoms with E-state index in [0.717, 1.165) is 75.0 Å². The quantitative estimate of drug-likeness (QED) is 0.832. The molecule has 8 heteroatoms. The Morgan fingerprint density at radius 2 is 1.97 bits per heavy atom. The number of likely N-dealkylation sites (tertiary alicyclic amines) is 1. The van der Waals surface area contributed by atoms with Crippen molar-refractivity contribution in [2.45, 2.75) is 56.7 Å². The number of carbonyl (C=O) groups is 1. The van der Waals surface area contributed by atoms with E-state index < -0.39 is 0 Å². The summed E-state index contributed by atoms with van der Waals surface area (Å²) in [6, 6.07) is 2.76. The third-order valence-electron chi connectivity index (χ3n) is 7.50. The van der Waals surface area contributed by atoms with Crippen LogP contribution in [0.1, 0.15) is 56.4 Å². The van der Waals surface area contributed by atoms with Crippen LogP contribution < -0.4 is 5.48 Å². The summed E-state index contributed by atoms with van der Waals surface area (Å²) >= 11 is 0. The van der Waals surface area contributed by atoms with Gasteiger partial charge >= 0.3 is 0 Å². The number of pyridine rings is 1. The SMILES string of the molecule is O=C(C1CCC1)N1CCC(C2CC(c3cc4c(cn3)cnn4C3COC3)ON2)CC1. The number of aromatic nitrogens is 3. The second kappa shape index (κ2) is 7.59. The third kappa shape index (κ3) is 3.21. The number of nitrogens with zero attached hydrogens (tertiary/aromatic N) is 4. The van der Waals surface area contributed by atoms with Crippen LogP contribution in [0.2, 0.25) is 0 Å². The number of hydrogen-bond acceptors (Lipinski definition) is 6. The lowest BCUT2D eigenvalue weighted by Gasteiger charge is -2.38. The van der Waals surface area contributed by atoms with E-state index in [-0.39, 0.29) is 6.10 Å². The number of amides is 1. The fraction of sp³-hybridized carbons (Fsp3) is 0.682. The zero-order valence-electron chi connectivity index (χ0n) is 17.2. The Morgan fingerprint density at radius 1 is 1.13 bits per heavy atom. The summed E-state index contributed by atoms with van der Waals surface area (Å²) in [5.74, 6) is 1.24. The molecule has 160 valence electrons. The monoisotopic (exact) mass is 411 g/mol. The lowest BCUT2D eigenvalue weighted by molar-refractivity contribution is -0.139. The minimum atomic E-state index is -0.0463. The topological polar surface area (TPSA) is 81.5 Å². The number of rotatable bonds is 4. The van der Waals surface area contributed by atoms with Crippen LogP contribution in [0.5, 0.6) is 0 Å². The molecular formula is C22H29N5O3. The van der Waals surface area contributed by atoms with Crippen LogP contribution in [0.15, 0.2) is 18.5 Å². The predicted octanol–water partition coefficient (Wildman–Crippen LogP) is 2.38. The highest BCUT2D eigenvalue weighted by Crippen LogP contribution is 2.35. The molecule has 0 aromatic carbocycles. The normalized spacial score (nSPS) is 28.6. The van der Waals surface area contributed by atoms with Crippen LogP contribution in [0, 0.1) is 11.8 Å². The first-order valence-electron chi connectivity index (χ1n) is 11.4. The molecule has 8 nitrogen and oxygen atoms in total. The molecule has 2 aromatic heterocycles. The zero-order valence-corrected chi connectivity index (χ0v) is 17.2. The molecule has 4 aliphatic rings. The smallest absolute Gasteiger partial charge is 0.225 e. The first-order chi connectivity index (χ1) is 14.8. The molecule has 1 saturated carbocycles. The van der Waals surface area contributed by atoms with Crippen molar-refractivity contribution < 1.29 is 14.4 Å². The second-order valence-corrected chi connectivity index (χ2v) is 9.31. The minimum Gasteiger partial charge on any atom is -0.377 e. The van der Waals surface area contributed by atoms with Gasteiger partial charge in [-0.2, -0.15) is 10.6 Å². The third-order valence-corrected chi connectivity index (χ3v) is 7.50. The predicted molar refractivity (Wildman–Crippen MR) is 109 cm³/mol. The number of hydrogen-bond donors (Lipinski definition) is 1. The summed E-state index contributed by atoms with van der Waals surface area (Å²) in [6.45, 7) is 3.21. The summed E-state index contributed by atoms with van der Waals surface area (Å²) in [4.78, 5) is 25.2. The number of hydroxylamine groups is 1. The zero-order chi connectivity index (χ0) is 20.1.